The molecule has 0 rings (SSSR count). The average molecular weight is 174 g/mol. The minimum absolute atomic E-state index is 0.211. The van der Waals surface area contributed by atoms with E-state index in [1.807, 2.05) is 34.6 Å². The first kappa shape index (κ1) is 11.4. The SMILES string of the molecule is CC(C)C([NH3+])C(=O)OC(C)(C)C. The van der Waals surface area contributed by atoms with Crippen molar-refractivity contribution in [2.24, 2.45) is 5.92 Å². The molecule has 0 aromatic rings. The molecule has 12 heavy (non-hydrogen) atoms. The lowest BCUT2D eigenvalue weighted by atomic mass is 10.1. The summed E-state index contributed by atoms with van der Waals surface area (Å²) in [5, 5.41) is 0. The second kappa shape index (κ2) is 3.90. The number of quaternary nitrogens is 1. The lowest BCUT2D eigenvalue weighted by molar-refractivity contribution is -0.419. The van der Waals surface area contributed by atoms with Gasteiger partial charge >= 0.3 is 5.97 Å². The Morgan fingerprint density at radius 2 is 1.75 bits per heavy atom. The van der Waals surface area contributed by atoms with Crippen molar-refractivity contribution in [3.05, 3.63) is 0 Å². The highest BCUT2D eigenvalue weighted by Gasteiger charge is 2.26. The molecule has 1 unspecified atom stereocenters. The highest BCUT2D eigenvalue weighted by atomic mass is 16.6. The van der Waals surface area contributed by atoms with E-state index < -0.39 is 5.60 Å². The average Bonchev–Trinajstić information content (AvgIpc) is 1.82. The topological polar surface area (TPSA) is 53.9 Å². The second-order valence-electron chi connectivity index (χ2n) is 4.38. The zero-order chi connectivity index (χ0) is 9.94. The molecule has 0 amide bonds. The summed E-state index contributed by atoms with van der Waals surface area (Å²) in [6.07, 6.45) is 0. The number of hydrogen-bond acceptors (Lipinski definition) is 2. The van der Waals surface area contributed by atoms with Crippen LogP contribution in [0, 0.1) is 5.92 Å². The Kier molecular flexibility index (Phi) is 3.71. The lowest BCUT2D eigenvalue weighted by Gasteiger charge is -2.21. The molecule has 0 heterocycles. The van der Waals surface area contributed by atoms with E-state index in [2.05, 4.69) is 5.73 Å². The first-order valence-corrected chi connectivity index (χ1v) is 4.30. The van der Waals surface area contributed by atoms with Crippen molar-refractivity contribution in [1.82, 2.24) is 0 Å². The molecule has 3 N–H and O–H groups in total. The zero-order valence-corrected chi connectivity index (χ0v) is 8.68. The van der Waals surface area contributed by atoms with Gasteiger partial charge in [0.15, 0.2) is 6.04 Å². The van der Waals surface area contributed by atoms with E-state index in [4.69, 9.17) is 4.74 Å². The molecular formula is C9H20NO2+. The van der Waals surface area contributed by atoms with E-state index in [0.717, 1.165) is 0 Å². The zero-order valence-electron chi connectivity index (χ0n) is 8.68. The van der Waals surface area contributed by atoms with Gasteiger partial charge in [0.05, 0.1) is 0 Å². The number of hydrogen-bond donors (Lipinski definition) is 1. The van der Waals surface area contributed by atoms with Crippen LogP contribution >= 0.6 is 0 Å². The maximum atomic E-state index is 11.3. The minimum atomic E-state index is -0.401. The Labute approximate surface area is 74.3 Å². The van der Waals surface area contributed by atoms with Crippen LogP contribution in [0.5, 0.6) is 0 Å². The third kappa shape index (κ3) is 4.34. The van der Waals surface area contributed by atoms with Crippen molar-refractivity contribution in [1.29, 1.82) is 0 Å². The normalized spacial score (nSPS) is 14.6. The van der Waals surface area contributed by atoms with Crippen LogP contribution in [0.4, 0.5) is 0 Å². The first-order chi connectivity index (χ1) is 5.24. The summed E-state index contributed by atoms with van der Waals surface area (Å²) in [5.41, 5.74) is 3.35. The molecule has 72 valence electrons. The summed E-state index contributed by atoms with van der Waals surface area (Å²) in [4.78, 5) is 11.3. The predicted molar refractivity (Wildman–Crippen MR) is 47.4 cm³/mol. The summed E-state index contributed by atoms with van der Waals surface area (Å²) in [6, 6.07) is -0.260. The Hall–Kier alpha value is -0.570. The van der Waals surface area contributed by atoms with E-state index in [1.54, 1.807) is 0 Å². The van der Waals surface area contributed by atoms with Crippen molar-refractivity contribution < 1.29 is 15.3 Å². The van der Waals surface area contributed by atoms with E-state index in [-0.39, 0.29) is 17.9 Å². The van der Waals surface area contributed by atoms with Crippen LogP contribution in [0.2, 0.25) is 0 Å². The molecule has 0 spiro atoms. The van der Waals surface area contributed by atoms with Crippen molar-refractivity contribution in [3.63, 3.8) is 0 Å². The lowest BCUT2D eigenvalue weighted by Crippen LogP contribution is -2.68. The van der Waals surface area contributed by atoms with Crippen LogP contribution in [0.25, 0.3) is 0 Å². The Morgan fingerprint density at radius 1 is 1.33 bits per heavy atom. The predicted octanol–water partition coefficient (Wildman–Crippen LogP) is 0.595. The molecule has 1 atom stereocenters. The van der Waals surface area contributed by atoms with E-state index in [9.17, 15) is 4.79 Å². The monoisotopic (exact) mass is 174 g/mol. The summed E-state index contributed by atoms with van der Waals surface area (Å²) in [6.45, 7) is 9.50. The molecule has 0 aliphatic heterocycles. The van der Waals surface area contributed by atoms with Gasteiger partial charge in [0.25, 0.3) is 0 Å². The maximum absolute atomic E-state index is 11.3. The van der Waals surface area contributed by atoms with Gasteiger partial charge in [0.2, 0.25) is 0 Å². The van der Waals surface area contributed by atoms with Crippen LogP contribution in [0.3, 0.4) is 0 Å². The summed E-state index contributed by atoms with van der Waals surface area (Å²) >= 11 is 0. The highest BCUT2D eigenvalue weighted by Crippen LogP contribution is 2.09. The highest BCUT2D eigenvalue weighted by molar-refractivity contribution is 5.74. The molecule has 3 heteroatoms. The molecule has 0 aromatic carbocycles. The standard InChI is InChI=1S/C9H19NO2/c1-6(2)7(10)8(11)12-9(3,4)5/h6-7H,10H2,1-5H3/p+1. The van der Waals surface area contributed by atoms with Crippen LogP contribution in [-0.4, -0.2) is 17.6 Å². The van der Waals surface area contributed by atoms with Crippen molar-refractivity contribution in [2.75, 3.05) is 0 Å². The summed E-state index contributed by atoms with van der Waals surface area (Å²) < 4.78 is 5.16. The molecule has 0 radical (unpaired) electrons. The number of ether oxygens (including phenoxy) is 1. The van der Waals surface area contributed by atoms with Gasteiger partial charge in [0, 0.05) is 5.92 Å². The van der Waals surface area contributed by atoms with Crippen molar-refractivity contribution >= 4 is 5.97 Å². The summed E-state index contributed by atoms with van der Waals surface area (Å²) in [5.74, 6) is 0.0253. The van der Waals surface area contributed by atoms with Gasteiger partial charge in [0.1, 0.15) is 5.60 Å². The maximum Gasteiger partial charge on any atom is 0.365 e. The van der Waals surface area contributed by atoms with E-state index in [0.29, 0.717) is 0 Å². The van der Waals surface area contributed by atoms with Crippen LogP contribution in [-0.2, 0) is 9.53 Å². The molecular weight excluding hydrogens is 154 g/mol. The number of carbonyl (C=O) groups excluding carboxylic acids is 1. The molecule has 0 aromatic heterocycles. The van der Waals surface area contributed by atoms with Gasteiger partial charge in [-0.15, -0.1) is 0 Å². The number of rotatable bonds is 2. The van der Waals surface area contributed by atoms with Gasteiger partial charge < -0.3 is 10.5 Å². The van der Waals surface area contributed by atoms with E-state index in [1.165, 1.54) is 0 Å². The molecule has 0 saturated carbocycles. The smallest absolute Gasteiger partial charge is 0.365 e. The molecule has 3 nitrogen and oxygen atoms in total. The Balaban J connectivity index is 4.05. The first-order valence-electron chi connectivity index (χ1n) is 4.30. The van der Waals surface area contributed by atoms with Gasteiger partial charge in [-0.2, -0.15) is 0 Å². The van der Waals surface area contributed by atoms with Gasteiger partial charge in [-0.3, -0.25) is 0 Å². The Bertz CT molecular complexity index is 158. The van der Waals surface area contributed by atoms with Crippen LogP contribution in [0.15, 0.2) is 0 Å². The van der Waals surface area contributed by atoms with E-state index >= 15 is 0 Å². The quantitative estimate of drug-likeness (QED) is 0.623. The minimum Gasteiger partial charge on any atom is -0.456 e. The van der Waals surface area contributed by atoms with Gasteiger partial charge in [-0.1, -0.05) is 13.8 Å². The fourth-order valence-electron chi connectivity index (χ4n) is 0.650. The number of carbonyl (C=O) groups is 1. The molecule has 0 bridgehead atoms. The fourth-order valence-corrected chi connectivity index (χ4v) is 0.650. The third-order valence-electron chi connectivity index (χ3n) is 1.51. The molecule has 0 aliphatic rings. The Morgan fingerprint density at radius 3 is 2.00 bits per heavy atom. The van der Waals surface area contributed by atoms with Crippen LogP contribution in [0.1, 0.15) is 34.6 Å². The largest absolute Gasteiger partial charge is 0.456 e. The van der Waals surface area contributed by atoms with Crippen molar-refractivity contribution in [3.8, 4) is 0 Å². The summed E-state index contributed by atoms with van der Waals surface area (Å²) in [7, 11) is 0. The van der Waals surface area contributed by atoms with Gasteiger partial charge in [-0.25, -0.2) is 4.79 Å². The molecule has 0 aliphatic carbocycles. The molecule has 0 fully saturated rings. The van der Waals surface area contributed by atoms with Crippen molar-refractivity contribution in [2.45, 2.75) is 46.3 Å². The van der Waals surface area contributed by atoms with Crippen LogP contribution < -0.4 is 5.73 Å². The van der Waals surface area contributed by atoms with Gasteiger partial charge in [-0.05, 0) is 20.8 Å². The third-order valence-corrected chi connectivity index (χ3v) is 1.51. The molecule has 0 saturated heterocycles. The second-order valence-corrected chi connectivity index (χ2v) is 4.38. The number of esters is 1. The fraction of sp³-hybridized carbons (Fsp3) is 0.889.